The molecule has 0 radical (unpaired) electrons. The zero-order valence-corrected chi connectivity index (χ0v) is 15.0. The first-order valence-electron chi connectivity index (χ1n) is 8.48. The molecule has 1 aromatic carbocycles. The Bertz CT molecular complexity index is 584. The Morgan fingerprint density at radius 2 is 1.96 bits per heavy atom. The molecule has 1 atom stereocenters. The summed E-state index contributed by atoms with van der Waals surface area (Å²) in [5, 5.41) is 13.5. The molecule has 2 aromatic rings. The van der Waals surface area contributed by atoms with Gasteiger partial charge in [-0.1, -0.05) is 30.3 Å². The smallest absolute Gasteiger partial charge is 0.185 e. The van der Waals surface area contributed by atoms with Crippen LogP contribution in [0.1, 0.15) is 5.56 Å². The summed E-state index contributed by atoms with van der Waals surface area (Å²) in [7, 11) is 2.07. The highest BCUT2D eigenvalue weighted by atomic mass is 32.1. The highest BCUT2D eigenvalue weighted by molar-refractivity contribution is 7.13. The first-order chi connectivity index (χ1) is 11.7. The Morgan fingerprint density at radius 3 is 2.62 bits per heavy atom. The molecule has 130 valence electrons. The van der Waals surface area contributed by atoms with Crippen molar-refractivity contribution in [2.75, 3.05) is 51.2 Å². The lowest BCUT2D eigenvalue weighted by atomic mass is 10.2. The second-order valence-electron chi connectivity index (χ2n) is 6.44. The molecular weight excluding hydrogens is 320 g/mol. The monoisotopic (exact) mass is 346 g/mol. The summed E-state index contributed by atoms with van der Waals surface area (Å²) < 4.78 is 0. The van der Waals surface area contributed by atoms with Crippen molar-refractivity contribution < 1.29 is 5.11 Å². The van der Waals surface area contributed by atoms with Gasteiger partial charge in [-0.3, -0.25) is 9.80 Å². The van der Waals surface area contributed by atoms with Crippen LogP contribution in [0.4, 0.5) is 5.13 Å². The van der Waals surface area contributed by atoms with Crippen LogP contribution < -0.4 is 4.90 Å². The molecule has 24 heavy (non-hydrogen) atoms. The molecule has 0 bridgehead atoms. The van der Waals surface area contributed by atoms with E-state index in [2.05, 4.69) is 51.0 Å². The van der Waals surface area contributed by atoms with Gasteiger partial charge in [0.05, 0.1) is 6.10 Å². The second kappa shape index (κ2) is 8.58. The summed E-state index contributed by atoms with van der Waals surface area (Å²) in [5.41, 5.74) is 1.28. The van der Waals surface area contributed by atoms with Crippen molar-refractivity contribution in [2.24, 2.45) is 0 Å². The lowest BCUT2D eigenvalue weighted by Crippen LogP contribution is -2.49. The Hall–Kier alpha value is -1.47. The molecule has 1 N–H and O–H groups in total. The van der Waals surface area contributed by atoms with Crippen LogP contribution in [-0.4, -0.2) is 72.3 Å². The zero-order chi connectivity index (χ0) is 16.8. The second-order valence-corrected chi connectivity index (χ2v) is 7.31. The highest BCUT2D eigenvalue weighted by Gasteiger charge is 2.21. The summed E-state index contributed by atoms with van der Waals surface area (Å²) in [6.07, 6.45) is 1.55. The summed E-state index contributed by atoms with van der Waals surface area (Å²) in [4.78, 5) is 11.2. The SMILES string of the molecule is CN(Cc1ccccc1)CC(O)CN1CCN(c2nccs2)CC1. The Morgan fingerprint density at radius 1 is 1.21 bits per heavy atom. The van der Waals surface area contributed by atoms with Gasteiger partial charge in [-0.2, -0.15) is 0 Å². The molecule has 1 saturated heterocycles. The number of rotatable bonds is 7. The third-order valence-corrected chi connectivity index (χ3v) is 5.18. The number of nitrogens with zero attached hydrogens (tertiary/aromatic N) is 4. The minimum Gasteiger partial charge on any atom is -0.390 e. The van der Waals surface area contributed by atoms with E-state index in [0.717, 1.165) is 44.4 Å². The summed E-state index contributed by atoms with van der Waals surface area (Å²) in [6.45, 7) is 6.25. The van der Waals surface area contributed by atoms with E-state index in [1.54, 1.807) is 11.3 Å². The predicted octanol–water partition coefficient (Wildman–Crippen LogP) is 1.76. The fraction of sp³-hybridized carbons (Fsp3) is 0.500. The molecule has 5 nitrogen and oxygen atoms in total. The quantitative estimate of drug-likeness (QED) is 0.827. The van der Waals surface area contributed by atoms with Crippen molar-refractivity contribution in [2.45, 2.75) is 12.6 Å². The van der Waals surface area contributed by atoms with E-state index < -0.39 is 0 Å². The van der Waals surface area contributed by atoms with Gasteiger partial charge in [0.15, 0.2) is 5.13 Å². The van der Waals surface area contributed by atoms with E-state index in [4.69, 9.17) is 0 Å². The number of thiazole rings is 1. The van der Waals surface area contributed by atoms with E-state index >= 15 is 0 Å². The third kappa shape index (κ3) is 5.01. The van der Waals surface area contributed by atoms with E-state index in [1.165, 1.54) is 5.56 Å². The minimum atomic E-state index is -0.315. The number of aliphatic hydroxyl groups excluding tert-OH is 1. The average molecular weight is 346 g/mol. The van der Waals surface area contributed by atoms with E-state index in [-0.39, 0.29) is 6.10 Å². The number of benzene rings is 1. The third-order valence-electron chi connectivity index (χ3n) is 4.35. The average Bonchev–Trinajstić information content (AvgIpc) is 3.10. The topological polar surface area (TPSA) is 42.8 Å². The molecule has 6 heteroatoms. The number of aliphatic hydroxyl groups is 1. The van der Waals surface area contributed by atoms with Crippen LogP contribution in [0.3, 0.4) is 0 Å². The molecular formula is C18H26N4OS. The first-order valence-corrected chi connectivity index (χ1v) is 9.36. The molecule has 3 rings (SSSR count). The van der Waals surface area contributed by atoms with Crippen LogP contribution in [0.15, 0.2) is 41.9 Å². The van der Waals surface area contributed by atoms with Crippen molar-refractivity contribution in [3.63, 3.8) is 0 Å². The lowest BCUT2D eigenvalue weighted by Gasteiger charge is -2.36. The molecule has 1 unspecified atom stereocenters. The maximum atomic E-state index is 10.4. The number of anilines is 1. The van der Waals surface area contributed by atoms with E-state index in [0.29, 0.717) is 6.54 Å². The summed E-state index contributed by atoms with van der Waals surface area (Å²) >= 11 is 1.69. The summed E-state index contributed by atoms with van der Waals surface area (Å²) in [6, 6.07) is 10.4. The van der Waals surface area contributed by atoms with E-state index in [1.807, 2.05) is 17.6 Å². The van der Waals surface area contributed by atoms with Crippen molar-refractivity contribution in [3.05, 3.63) is 47.5 Å². The Labute approximate surface area is 148 Å². The number of hydrogen-bond donors (Lipinski definition) is 1. The predicted molar refractivity (Wildman–Crippen MR) is 99.5 cm³/mol. The van der Waals surface area contributed by atoms with Gasteiger partial charge in [-0.05, 0) is 12.6 Å². The van der Waals surface area contributed by atoms with Crippen LogP contribution in [0, 0.1) is 0 Å². The molecule has 0 saturated carbocycles. The molecule has 0 aliphatic carbocycles. The maximum Gasteiger partial charge on any atom is 0.185 e. The fourth-order valence-electron chi connectivity index (χ4n) is 3.17. The molecule has 1 aliphatic heterocycles. The van der Waals surface area contributed by atoms with Crippen LogP contribution >= 0.6 is 11.3 Å². The molecule has 0 amide bonds. The normalized spacial score (nSPS) is 17.4. The van der Waals surface area contributed by atoms with Crippen molar-refractivity contribution >= 4 is 16.5 Å². The lowest BCUT2D eigenvalue weighted by molar-refractivity contribution is 0.0776. The fourth-order valence-corrected chi connectivity index (χ4v) is 3.87. The van der Waals surface area contributed by atoms with Gasteiger partial charge in [0.2, 0.25) is 0 Å². The maximum absolute atomic E-state index is 10.4. The van der Waals surface area contributed by atoms with Crippen LogP contribution in [0.25, 0.3) is 0 Å². The van der Waals surface area contributed by atoms with Crippen molar-refractivity contribution in [1.29, 1.82) is 0 Å². The molecule has 1 fully saturated rings. The first kappa shape index (κ1) is 17.4. The summed E-state index contributed by atoms with van der Waals surface area (Å²) in [5.74, 6) is 0. The number of aromatic nitrogens is 1. The zero-order valence-electron chi connectivity index (χ0n) is 14.2. The molecule has 1 aliphatic rings. The van der Waals surface area contributed by atoms with Gasteiger partial charge in [0.25, 0.3) is 0 Å². The van der Waals surface area contributed by atoms with Gasteiger partial charge >= 0.3 is 0 Å². The van der Waals surface area contributed by atoms with Gasteiger partial charge in [-0.25, -0.2) is 4.98 Å². The number of likely N-dealkylation sites (N-methyl/N-ethyl adjacent to an activating group) is 1. The van der Waals surface area contributed by atoms with Crippen LogP contribution in [-0.2, 0) is 6.54 Å². The van der Waals surface area contributed by atoms with Gasteiger partial charge < -0.3 is 10.0 Å². The van der Waals surface area contributed by atoms with Crippen molar-refractivity contribution in [3.8, 4) is 0 Å². The van der Waals surface area contributed by atoms with Crippen molar-refractivity contribution in [1.82, 2.24) is 14.8 Å². The number of hydrogen-bond acceptors (Lipinski definition) is 6. The van der Waals surface area contributed by atoms with Crippen LogP contribution in [0.5, 0.6) is 0 Å². The molecule has 2 heterocycles. The van der Waals surface area contributed by atoms with Gasteiger partial charge in [-0.15, -0.1) is 11.3 Å². The number of piperazine rings is 1. The molecule has 0 spiro atoms. The van der Waals surface area contributed by atoms with Gasteiger partial charge in [0, 0.05) is 57.4 Å². The Balaban J connectivity index is 1.38. The Kier molecular flexibility index (Phi) is 6.20. The number of β-amino-alcohol motifs (C(OH)–C–C–N with tert-alkyl or cyclic N) is 1. The highest BCUT2D eigenvalue weighted by Crippen LogP contribution is 2.18. The largest absolute Gasteiger partial charge is 0.390 e. The minimum absolute atomic E-state index is 0.315. The molecule has 1 aromatic heterocycles. The van der Waals surface area contributed by atoms with Crippen LogP contribution in [0.2, 0.25) is 0 Å². The standard InChI is InChI=1S/C18H26N4OS/c1-20(13-16-5-3-2-4-6-16)14-17(23)15-21-8-10-22(11-9-21)18-19-7-12-24-18/h2-7,12,17,23H,8-11,13-15H2,1H3. The van der Waals surface area contributed by atoms with Gasteiger partial charge in [0.1, 0.15) is 0 Å². The van der Waals surface area contributed by atoms with E-state index in [9.17, 15) is 5.11 Å².